The predicted molar refractivity (Wildman–Crippen MR) is 63.8 cm³/mol. The topological polar surface area (TPSA) is 50.1 Å². The fourth-order valence-electron chi connectivity index (χ4n) is 1.58. The second kappa shape index (κ2) is 5.97. The van der Waals surface area contributed by atoms with Crippen LogP contribution in [0.3, 0.4) is 0 Å². The van der Waals surface area contributed by atoms with Crippen LogP contribution in [0.5, 0.6) is 0 Å². The lowest BCUT2D eigenvalue weighted by atomic mass is 10.00. The Bertz CT molecular complexity index is 535. The highest BCUT2D eigenvalue weighted by Crippen LogP contribution is 2.38. The van der Waals surface area contributed by atoms with Gasteiger partial charge in [-0.05, 0) is 35.9 Å². The molecule has 1 aromatic carbocycles. The van der Waals surface area contributed by atoms with Crippen molar-refractivity contribution < 1.29 is 22.7 Å². The number of methoxy groups -OCH3 is 1. The third-order valence-electron chi connectivity index (χ3n) is 2.32. The van der Waals surface area contributed by atoms with E-state index in [-0.39, 0.29) is 27.8 Å². The second-order valence-corrected chi connectivity index (χ2v) is 4.65. The van der Waals surface area contributed by atoms with Crippen LogP contribution in [0, 0.1) is 11.3 Å². The first-order valence-corrected chi connectivity index (χ1v) is 6.05. The van der Waals surface area contributed by atoms with E-state index in [0.29, 0.717) is 12.0 Å². The minimum absolute atomic E-state index is 0.0269. The smallest absolute Gasteiger partial charge is 0.446 e. The van der Waals surface area contributed by atoms with Gasteiger partial charge in [0.1, 0.15) is 6.07 Å². The van der Waals surface area contributed by atoms with Gasteiger partial charge in [0.15, 0.2) is 0 Å². The fourth-order valence-corrected chi connectivity index (χ4v) is 2.22. The van der Waals surface area contributed by atoms with Crippen LogP contribution in [0.25, 0.3) is 0 Å². The number of nitrogens with zero attached hydrogens (tertiary/aromatic N) is 1. The van der Waals surface area contributed by atoms with Crippen molar-refractivity contribution >= 4 is 17.7 Å². The van der Waals surface area contributed by atoms with Gasteiger partial charge in [0, 0.05) is 4.90 Å². The molecule has 0 heterocycles. The van der Waals surface area contributed by atoms with Crippen LogP contribution >= 0.6 is 11.8 Å². The Morgan fingerprint density at radius 1 is 1.47 bits per heavy atom. The summed E-state index contributed by atoms with van der Waals surface area (Å²) in [6.45, 7) is 1.69. The zero-order chi connectivity index (χ0) is 14.6. The number of ether oxygens (including phenoxy) is 1. The quantitative estimate of drug-likeness (QED) is 0.631. The lowest BCUT2D eigenvalue weighted by Crippen LogP contribution is -2.09. The Kier molecular flexibility index (Phi) is 4.84. The molecule has 0 atom stereocenters. The molecular weight excluding hydrogens is 279 g/mol. The predicted octanol–water partition coefficient (Wildman–Crippen LogP) is 3.52. The summed E-state index contributed by atoms with van der Waals surface area (Å²) in [5, 5.41) is 8.96. The Morgan fingerprint density at radius 2 is 2.11 bits per heavy atom. The van der Waals surface area contributed by atoms with E-state index in [4.69, 9.17) is 5.26 Å². The summed E-state index contributed by atoms with van der Waals surface area (Å²) >= 11 is -0.315. The number of carbonyl (C=O) groups is 1. The third-order valence-corrected chi connectivity index (χ3v) is 3.02. The summed E-state index contributed by atoms with van der Waals surface area (Å²) < 4.78 is 41.5. The van der Waals surface area contributed by atoms with Crippen molar-refractivity contribution in [3.63, 3.8) is 0 Å². The normalized spacial score (nSPS) is 10.9. The van der Waals surface area contributed by atoms with E-state index in [1.807, 2.05) is 0 Å². The SMILES string of the molecule is CCc1cc(SC(F)(F)F)cc(C#N)c1C(=O)OC. The van der Waals surface area contributed by atoms with Gasteiger partial charge in [-0.15, -0.1) is 0 Å². The minimum atomic E-state index is -4.44. The molecule has 1 rings (SSSR count). The summed E-state index contributed by atoms with van der Waals surface area (Å²) in [6, 6.07) is 4.03. The van der Waals surface area contributed by atoms with E-state index in [9.17, 15) is 18.0 Å². The van der Waals surface area contributed by atoms with E-state index in [1.165, 1.54) is 6.07 Å². The van der Waals surface area contributed by atoms with Gasteiger partial charge in [-0.25, -0.2) is 4.79 Å². The molecule has 0 aromatic heterocycles. The van der Waals surface area contributed by atoms with Crippen LogP contribution in [0.4, 0.5) is 13.2 Å². The van der Waals surface area contributed by atoms with Crippen molar-refractivity contribution in [1.82, 2.24) is 0 Å². The fraction of sp³-hybridized carbons (Fsp3) is 0.333. The molecule has 0 radical (unpaired) electrons. The molecule has 0 saturated heterocycles. The number of carbonyl (C=O) groups excluding carboxylic acids is 1. The van der Waals surface area contributed by atoms with Crippen LogP contribution in [-0.2, 0) is 11.2 Å². The number of alkyl halides is 3. The highest BCUT2D eigenvalue weighted by atomic mass is 32.2. The number of hydrogen-bond donors (Lipinski definition) is 0. The maximum Gasteiger partial charge on any atom is 0.446 e. The summed E-state index contributed by atoms with van der Waals surface area (Å²) in [5.74, 6) is -0.725. The number of hydrogen-bond acceptors (Lipinski definition) is 4. The lowest BCUT2D eigenvalue weighted by Gasteiger charge is -2.12. The number of esters is 1. The molecule has 0 fully saturated rings. The number of thioether (sulfide) groups is 1. The van der Waals surface area contributed by atoms with E-state index in [2.05, 4.69) is 4.74 Å². The van der Waals surface area contributed by atoms with Crippen molar-refractivity contribution in [3.05, 3.63) is 28.8 Å². The number of nitriles is 1. The summed E-state index contributed by atoms with van der Waals surface area (Å²) in [4.78, 5) is 11.4. The number of aryl methyl sites for hydroxylation is 1. The molecule has 19 heavy (non-hydrogen) atoms. The highest BCUT2D eigenvalue weighted by Gasteiger charge is 2.30. The standard InChI is InChI=1S/C12H10F3NO2S/c1-3-7-4-9(19-12(13,14)15)5-8(6-16)10(7)11(17)18-2/h4-5H,3H2,1-2H3. The lowest BCUT2D eigenvalue weighted by molar-refractivity contribution is -0.0328. The monoisotopic (exact) mass is 289 g/mol. The van der Waals surface area contributed by atoms with Crippen molar-refractivity contribution in [2.75, 3.05) is 7.11 Å². The Hall–Kier alpha value is -1.68. The number of benzene rings is 1. The van der Waals surface area contributed by atoms with E-state index in [0.717, 1.165) is 13.2 Å². The first kappa shape index (κ1) is 15.4. The second-order valence-electron chi connectivity index (χ2n) is 3.51. The molecule has 0 amide bonds. The number of halogens is 3. The molecule has 0 aliphatic carbocycles. The molecule has 3 nitrogen and oxygen atoms in total. The first-order chi connectivity index (χ1) is 8.82. The van der Waals surface area contributed by atoms with E-state index in [1.54, 1.807) is 13.0 Å². The summed E-state index contributed by atoms with van der Waals surface area (Å²) in [5.41, 5.74) is -4.17. The van der Waals surface area contributed by atoms with Gasteiger partial charge in [-0.3, -0.25) is 0 Å². The Balaban J connectivity index is 3.37. The molecule has 0 unspecified atom stereocenters. The minimum Gasteiger partial charge on any atom is -0.465 e. The maximum absolute atomic E-state index is 12.3. The molecular formula is C12H10F3NO2S. The molecule has 0 bridgehead atoms. The molecule has 0 aliphatic rings. The van der Waals surface area contributed by atoms with Gasteiger partial charge >= 0.3 is 11.5 Å². The molecule has 0 N–H and O–H groups in total. The van der Waals surface area contributed by atoms with Gasteiger partial charge in [0.25, 0.3) is 0 Å². The van der Waals surface area contributed by atoms with Gasteiger partial charge in [0.2, 0.25) is 0 Å². The van der Waals surface area contributed by atoms with Crippen LogP contribution in [0.1, 0.15) is 28.4 Å². The van der Waals surface area contributed by atoms with Gasteiger partial charge in [-0.2, -0.15) is 18.4 Å². The molecule has 1 aromatic rings. The van der Waals surface area contributed by atoms with Crippen LogP contribution < -0.4 is 0 Å². The third kappa shape index (κ3) is 3.89. The van der Waals surface area contributed by atoms with Gasteiger partial charge < -0.3 is 4.74 Å². The zero-order valence-corrected chi connectivity index (χ0v) is 11.0. The maximum atomic E-state index is 12.3. The van der Waals surface area contributed by atoms with E-state index >= 15 is 0 Å². The first-order valence-electron chi connectivity index (χ1n) is 5.23. The molecule has 0 saturated carbocycles. The van der Waals surface area contributed by atoms with Crippen molar-refractivity contribution in [3.8, 4) is 6.07 Å². The summed E-state index contributed by atoms with van der Waals surface area (Å²) in [6.07, 6.45) is 0.325. The Morgan fingerprint density at radius 3 is 2.53 bits per heavy atom. The average Bonchev–Trinajstić information content (AvgIpc) is 2.34. The zero-order valence-electron chi connectivity index (χ0n) is 10.2. The van der Waals surface area contributed by atoms with E-state index < -0.39 is 11.5 Å². The summed E-state index contributed by atoms with van der Waals surface area (Å²) in [7, 11) is 1.15. The average molecular weight is 289 g/mol. The molecule has 0 spiro atoms. The van der Waals surface area contributed by atoms with Crippen LogP contribution in [-0.4, -0.2) is 18.6 Å². The van der Waals surface area contributed by atoms with Crippen LogP contribution in [0.2, 0.25) is 0 Å². The van der Waals surface area contributed by atoms with Gasteiger partial charge in [-0.1, -0.05) is 6.92 Å². The highest BCUT2D eigenvalue weighted by molar-refractivity contribution is 8.00. The number of rotatable bonds is 3. The molecule has 0 aliphatic heterocycles. The molecule has 7 heteroatoms. The van der Waals surface area contributed by atoms with Crippen molar-refractivity contribution in [2.24, 2.45) is 0 Å². The van der Waals surface area contributed by atoms with Crippen LogP contribution in [0.15, 0.2) is 17.0 Å². The molecule has 102 valence electrons. The largest absolute Gasteiger partial charge is 0.465 e. The Labute approximate surface area is 112 Å². The van der Waals surface area contributed by atoms with Crippen molar-refractivity contribution in [1.29, 1.82) is 5.26 Å². The van der Waals surface area contributed by atoms with Crippen molar-refractivity contribution in [2.45, 2.75) is 23.7 Å². The van der Waals surface area contributed by atoms with Gasteiger partial charge in [0.05, 0.1) is 18.2 Å².